The number of benzene rings is 2. The van der Waals surface area contributed by atoms with E-state index >= 15 is 0 Å². The number of piperidine rings is 1. The minimum Gasteiger partial charge on any atom is -0.505 e. The number of rotatable bonds is 6. The molecule has 0 spiro atoms. The highest BCUT2D eigenvalue weighted by molar-refractivity contribution is 6.33. The van der Waals surface area contributed by atoms with Crippen LogP contribution in [0.5, 0.6) is 5.75 Å². The van der Waals surface area contributed by atoms with E-state index in [2.05, 4.69) is 27.7 Å². The molecule has 1 fully saturated rings. The summed E-state index contributed by atoms with van der Waals surface area (Å²) < 4.78 is 0. The van der Waals surface area contributed by atoms with Crippen molar-refractivity contribution in [2.45, 2.75) is 45.1 Å². The van der Waals surface area contributed by atoms with Crippen LogP contribution in [0.4, 0.5) is 11.4 Å². The molecule has 1 amide bonds. The van der Waals surface area contributed by atoms with Gasteiger partial charge in [0, 0.05) is 42.9 Å². The van der Waals surface area contributed by atoms with Crippen LogP contribution in [0.2, 0.25) is 5.02 Å². The number of amides is 1. The second-order valence-electron chi connectivity index (χ2n) is 8.26. The summed E-state index contributed by atoms with van der Waals surface area (Å²) in [5.74, 6) is 0.0827. The van der Waals surface area contributed by atoms with Gasteiger partial charge in [0.15, 0.2) is 0 Å². The van der Waals surface area contributed by atoms with Gasteiger partial charge in [-0.25, -0.2) is 0 Å². The SMILES string of the molecule is CCCC(=O)NC(c1ccc(N2CCCCC2)cc1)c1cc(Cl)c2c(c1O)NCC=C2. The second kappa shape index (κ2) is 9.65. The predicted molar refractivity (Wildman–Crippen MR) is 128 cm³/mol. The van der Waals surface area contributed by atoms with Gasteiger partial charge in [0.25, 0.3) is 0 Å². The molecule has 164 valence electrons. The molecule has 4 rings (SSSR count). The molecule has 6 heteroatoms. The Bertz CT molecular complexity index is 966. The van der Waals surface area contributed by atoms with Gasteiger partial charge in [-0.05, 0) is 49.4 Å². The normalized spacial score (nSPS) is 16.4. The molecular weight excluding hydrogens is 410 g/mol. The summed E-state index contributed by atoms with van der Waals surface area (Å²) in [5, 5.41) is 17.9. The molecule has 1 atom stereocenters. The van der Waals surface area contributed by atoms with Gasteiger partial charge in [-0.1, -0.05) is 42.8 Å². The fraction of sp³-hybridized carbons (Fsp3) is 0.400. The third kappa shape index (κ3) is 4.67. The Hall–Kier alpha value is -2.66. The van der Waals surface area contributed by atoms with Crippen LogP contribution in [0.3, 0.4) is 0 Å². The van der Waals surface area contributed by atoms with Gasteiger partial charge in [0.1, 0.15) is 5.75 Å². The molecule has 0 radical (unpaired) electrons. The zero-order valence-electron chi connectivity index (χ0n) is 18.0. The smallest absolute Gasteiger partial charge is 0.220 e. The molecule has 0 aliphatic carbocycles. The molecule has 2 aromatic carbocycles. The Balaban J connectivity index is 1.70. The minimum atomic E-state index is -0.482. The van der Waals surface area contributed by atoms with Crippen LogP contribution in [0.1, 0.15) is 61.8 Å². The highest BCUT2D eigenvalue weighted by Crippen LogP contribution is 2.43. The van der Waals surface area contributed by atoms with Crippen molar-refractivity contribution in [3.05, 3.63) is 58.1 Å². The van der Waals surface area contributed by atoms with Gasteiger partial charge in [0.2, 0.25) is 5.91 Å². The average Bonchev–Trinajstić information content (AvgIpc) is 2.81. The maximum Gasteiger partial charge on any atom is 0.220 e. The summed E-state index contributed by atoms with van der Waals surface area (Å²) in [7, 11) is 0. The van der Waals surface area contributed by atoms with Gasteiger partial charge >= 0.3 is 0 Å². The van der Waals surface area contributed by atoms with Crippen LogP contribution in [0, 0.1) is 0 Å². The van der Waals surface area contributed by atoms with Crippen LogP contribution in [0.25, 0.3) is 6.08 Å². The van der Waals surface area contributed by atoms with Crippen LogP contribution < -0.4 is 15.5 Å². The largest absolute Gasteiger partial charge is 0.505 e. The molecule has 1 unspecified atom stereocenters. The quantitative estimate of drug-likeness (QED) is 0.521. The molecular formula is C25H30ClN3O2. The first kappa shape index (κ1) is 21.6. The molecule has 0 bridgehead atoms. The van der Waals surface area contributed by atoms with Crippen LogP contribution in [-0.4, -0.2) is 30.6 Å². The second-order valence-corrected chi connectivity index (χ2v) is 8.67. The summed E-state index contributed by atoms with van der Waals surface area (Å²) in [6, 6.07) is 9.59. The molecule has 2 aliphatic heterocycles. The number of carbonyl (C=O) groups excluding carboxylic acids is 1. The predicted octanol–water partition coefficient (Wildman–Crippen LogP) is 5.48. The van der Waals surface area contributed by atoms with Crippen LogP contribution >= 0.6 is 11.6 Å². The van der Waals surface area contributed by atoms with Crippen molar-refractivity contribution in [3.8, 4) is 5.75 Å². The molecule has 2 aromatic rings. The van der Waals surface area contributed by atoms with E-state index in [1.165, 1.54) is 24.9 Å². The Morgan fingerprint density at radius 2 is 1.97 bits per heavy atom. The van der Waals surface area contributed by atoms with E-state index in [9.17, 15) is 9.90 Å². The Kier molecular flexibility index (Phi) is 6.71. The van der Waals surface area contributed by atoms with E-state index in [1.54, 1.807) is 6.07 Å². The lowest BCUT2D eigenvalue weighted by Gasteiger charge is -2.29. The van der Waals surface area contributed by atoms with Gasteiger partial charge in [-0.2, -0.15) is 0 Å². The highest BCUT2D eigenvalue weighted by atomic mass is 35.5. The van der Waals surface area contributed by atoms with E-state index in [1.807, 2.05) is 31.2 Å². The van der Waals surface area contributed by atoms with Crippen molar-refractivity contribution >= 4 is 35.0 Å². The van der Waals surface area contributed by atoms with E-state index in [4.69, 9.17) is 11.6 Å². The highest BCUT2D eigenvalue weighted by Gasteiger charge is 2.25. The fourth-order valence-electron chi connectivity index (χ4n) is 4.40. The van der Waals surface area contributed by atoms with Crippen molar-refractivity contribution in [2.24, 2.45) is 0 Å². The number of carbonyl (C=O) groups is 1. The lowest BCUT2D eigenvalue weighted by Crippen LogP contribution is -2.30. The first-order valence-electron chi connectivity index (χ1n) is 11.2. The number of phenols is 1. The van der Waals surface area contributed by atoms with Crippen molar-refractivity contribution in [2.75, 3.05) is 29.9 Å². The Morgan fingerprint density at radius 3 is 2.68 bits per heavy atom. The van der Waals surface area contributed by atoms with Crippen molar-refractivity contribution in [1.82, 2.24) is 5.32 Å². The lowest BCUT2D eigenvalue weighted by atomic mass is 9.94. The third-order valence-electron chi connectivity index (χ3n) is 6.04. The first-order chi connectivity index (χ1) is 15.1. The number of phenolic OH excluding ortho intramolecular Hbond substituents is 1. The van der Waals surface area contributed by atoms with E-state index < -0.39 is 6.04 Å². The monoisotopic (exact) mass is 439 g/mol. The molecule has 31 heavy (non-hydrogen) atoms. The Morgan fingerprint density at radius 1 is 1.23 bits per heavy atom. The van der Waals surface area contributed by atoms with E-state index in [0.717, 1.165) is 30.6 Å². The number of hydrogen-bond donors (Lipinski definition) is 3. The summed E-state index contributed by atoms with van der Waals surface area (Å²) in [4.78, 5) is 14.9. The average molecular weight is 440 g/mol. The number of halogens is 1. The van der Waals surface area contributed by atoms with Crippen LogP contribution in [0.15, 0.2) is 36.4 Å². The maximum atomic E-state index is 12.5. The standard InChI is InChI=1S/C25H30ClN3O2/c1-2-7-22(30)28-23(17-9-11-18(12-10-17)29-14-4-3-5-15-29)20-16-21(26)19-8-6-13-27-24(19)25(20)31/h6,8-12,16,23,27,31H,2-5,7,13-15H2,1H3,(H,28,30). The van der Waals surface area contributed by atoms with Gasteiger partial charge in [-0.3, -0.25) is 4.79 Å². The minimum absolute atomic E-state index is 0.0475. The van der Waals surface area contributed by atoms with Gasteiger partial charge in [-0.15, -0.1) is 0 Å². The molecule has 0 aromatic heterocycles. The first-order valence-corrected chi connectivity index (χ1v) is 11.6. The summed E-state index contributed by atoms with van der Waals surface area (Å²) in [6.07, 6.45) is 8.81. The third-order valence-corrected chi connectivity index (χ3v) is 6.35. The topological polar surface area (TPSA) is 64.6 Å². The number of anilines is 2. The molecule has 1 saturated heterocycles. The number of nitrogens with one attached hydrogen (secondary N) is 2. The van der Waals surface area contributed by atoms with Gasteiger partial charge in [0.05, 0.1) is 16.8 Å². The van der Waals surface area contributed by atoms with Crippen molar-refractivity contribution in [1.29, 1.82) is 0 Å². The number of hydrogen-bond acceptors (Lipinski definition) is 4. The summed E-state index contributed by atoms with van der Waals surface area (Å²) in [5.41, 5.74) is 4.10. The lowest BCUT2D eigenvalue weighted by molar-refractivity contribution is -0.121. The van der Waals surface area contributed by atoms with E-state index in [0.29, 0.717) is 29.2 Å². The molecule has 3 N–H and O–H groups in total. The fourth-order valence-corrected chi connectivity index (χ4v) is 4.68. The zero-order chi connectivity index (χ0) is 21.8. The van der Waals surface area contributed by atoms with Gasteiger partial charge < -0.3 is 20.6 Å². The molecule has 2 aliphatic rings. The Labute approximate surface area is 189 Å². The number of fused-ring (bicyclic) bond motifs is 1. The number of aromatic hydroxyl groups is 1. The summed E-state index contributed by atoms with van der Waals surface area (Å²) in [6.45, 7) is 4.76. The molecule has 5 nitrogen and oxygen atoms in total. The van der Waals surface area contributed by atoms with Crippen molar-refractivity contribution in [3.63, 3.8) is 0 Å². The molecule has 2 heterocycles. The van der Waals surface area contributed by atoms with Crippen molar-refractivity contribution < 1.29 is 9.90 Å². The van der Waals surface area contributed by atoms with Crippen LogP contribution in [-0.2, 0) is 4.79 Å². The van der Waals surface area contributed by atoms with E-state index in [-0.39, 0.29) is 11.7 Å². The maximum absolute atomic E-state index is 12.5. The molecule has 0 saturated carbocycles. The summed E-state index contributed by atoms with van der Waals surface area (Å²) >= 11 is 6.55. The zero-order valence-corrected chi connectivity index (χ0v) is 18.7. The number of nitrogens with zero attached hydrogens (tertiary/aromatic N) is 1.